The molecule has 1 atom stereocenters. The number of halogens is 1. The van der Waals surface area contributed by atoms with E-state index in [4.69, 9.17) is 22.3 Å². The molecular weight excluding hydrogens is 432 g/mol. The van der Waals surface area contributed by atoms with Crippen molar-refractivity contribution in [3.8, 4) is 11.1 Å². The Morgan fingerprint density at radius 2 is 1.85 bits per heavy atom. The highest BCUT2D eigenvalue weighted by atomic mass is 35.5. The molecule has 3 N–H and O–H groups in total. The number of hydrogen-bond donors (Lipinski definition) is 2. The van der Waals surface area contributed by atoms with Gasteiger partial charge in [0.25, 0.3) is 5.56 Å². The highest BCUT2D eigenvalue weighted by Crippen LogP contribution is 2.29. The number of nitrogens with zero attached hydrogens (tertiary/aromatic N) is 2. The quantitative estimate of drug-likeness (QED) is 0.331. The average Bonchev–Trinajstić information content (AvgIpc) is 3.23. The van der Waals surface area contributed by atoms with Crippen molar-refractivity contribution in [2.24, 2.45) is 0 Å². The van der Waals surface area contributed by atoms with Crippen LogP contribution in [0, 0.1) is 6.92 Å². The third-order valence-corrected chi connectivity index (χ3v) is 6.09. The molecule has 0 radical (unpaired) electrons. The lowest BCUT2D eigenvalue weighted by molar-refractivity contribution is 0.538. The van der Waals surface area contributed by atoms with E-state index in [0.717, 1.165) is 39.1 Å². The molecule has 1 unspecified atom stereocenters. The zero-order valence-corrected chi connectivity index (χ0v) is 18.9. The minimum Gasteiger partial charge on any atom is -0.398 e. The first-order valence-electron chi connectivity index (χ1n) is 10.8. The summed E-state index contributed by atoms with van der Waals surface area (Å²) in [6, 6.07) is 24.7. The van der Waals surface area contributed by atoms with Crippen LogP contribution in [0.25, 0.3) is 22.2 Å². The van der Waals surface area contributed by atoms with Crippen LogP contribution >= 0.6 is 11.6 Å². The fourth-order valence-corrected chi connectivity index (χ4v) is 4.33. The zero-order valence-electron chi connectivity index (χ0n) is 18.1. The van der Waals surface area contributed by atoms with E-state index < -0.39 is 0 Å². The number of anilines is 1. The molecule has 2 heterocycles. The number of nitrogens with one attached hydrogen (secondary N) is 1. The van der Waals surface area contributed by atoms with E-state index in [1.165, 1.54) is 0 Å². The van der Waals surface area contributed by atoms with Gasteiger partial charge in [-0.1, -0.05) is 48.0 Å². The first-order chi connectivity index (χ1) is 16.0. The van der Waals surface area contributed by atoms with E-state index in [1.54, 1.807) is 28.8 Å². The fraction of sp³-hybridized carbons (Fsp3) is 0.111. The second kappa shape index (κ2) is 8.60. The molecule has 0 aliphatic heterocycles. The molecule has 5 nitrogen and oxygen atoms in total. The molecule has 5 rings (SSSR count). The minimum atomic E-state index is -0.293. The van der Waals surface area contributed by atoms with Crippen LogP contribution in [0.15, 0.2) is 89.9 Å². The normalized spacial score (nSPS) is 12.2. The predicted octanol–water partition coefficient (Wildman–Crippen LogP) is 5.77. The molecule has 5 aromatic rings. The van der Waals surface area contributed by atoms with Crippen molar-refractivity contribution in [2.75, 3.05) is 5.73 Å². The number of aryl methyl sites for hydroxylation is 1. The molecule has 0 saturated carbocycles. The van der Waals surface area contributed by atoms with Crippen molar-refractivity contribution in [3.63, 3.8) is 0 Å². The van der Waals surface area contributed by atoms with E-state index in [9.17, 15) is 4.79 Å². The maximum Gasteiger partial charge on any atom is 0.251 e. The van der Waals surface area contributed by atoms with Crippen molar-refractivity contribution >= 4 is 28.3 Å². The molecule has 3 aromatic carbocycles. The number of nitrogen functional groups attached to an aromatic ring is 1. The van der Waals surface area contributed by atoms with Gasteiger partial charge in [0.2, 0.25) is 0 Å². The summed E-state index contributed by atoms with van der Waals surface area (Å²) in [6.45, 7) is 2.05. The first kappa shape index (κ1) is 21.0. The summed E-state index contributed by atoms with van der Waals surface area (Å²) < 4.78 is 1.72. The predicted molar refractivity (Wildman–Crippen MR) is 135 cm³/mol. The van der Waals surface area contributed by atoms with Crippen LogP contribution in [-0.2, 0) is 6.42 Å². The van der Waals surface area contributed by atoms with Crippen LogP contribution in [0.5, 0.6) is 0 Å². The summed E-state index contributed by atoms with van der Waals surface area (Å²) in [6.07, 6.45) is 2.43. The standard InChI is InChI=1S/C27H23ClN4O/c1-17-7-10-23-24(13-17)31-27(30-23)25(14-18-5-3-2-4-6-18)32-12-11-19(15-26(32)33)21-16-20(28)8-9-22(21)29/h2-13,15-16,25H,14,29H2,1H3,(H,30,31). The number of nitrogens with two attached hydrogens (primary N) is 1. The lowest BCUT2D eigenvalue weighted by atomic mass is 10.0. The third kappa shape index (κ3) is 4.28. The second-order valence-electron chi connectivity index (χ2n) is 8.24. The number of imidazole rings is 1. The van der Waals surface area contributed by atoms with Crippen molar-refractivity contribution in [3.05, 3.63) is 117 Å². The van der Waals surface area contributed by atoms with Gasteiger partial charge in [-0.25, -0.2) is 4.98 Å². The number of hydrogen-bond acceptors (Lipinski definition) is 3. The Balaban J connectivity index is 1.61. The largest absolute Gasteiger partial charge is 0.398 e. The van der Waals surface area contributed by atoms with Gasteiger partial charge >= 0.3 is 0 Å². The van der Waals surface area contributed by atoms with E-state index in [0.29, 0.717) is 17.1 Å². The van der Waals surface area contributed by atoms with E-state index in [1.807, 2.05) is 49.5 Å². The van der Waals surface area contributed by atoms with Gasteiger partial charge in [0.05, 0.1) is 17.1 Å². The van der Waals surface area contributed by atoms with Gasteiger partial charge in [0, 0.05) is 35.0 Å². The maximum atomic E-state index is 13.3. The molecule has 0 spiro atoms. The van der Waals surface area contributed by atoms with Crippen LogP contribution < -0.4 is 11.3 Å². The fourth-order valence-electron chi connectivity index (χ4n) is 4.16. The summed E-state index contributed by atoms with van der Waals surface area (Å²) in [5.74, 6) is 0.747. The molecule has 0 aliphatic rings. The number of benzene rings is 3. The maximum absolute atomic E-state index is 13.3. The molecule has 0 fully saturated rings. The number of aromatic amines is 1. The molecule has 0 aliphatic carbocycles. The van der Waals surface area contributed by atoms with Crippen molar-refractivity contribution < 1.29 is 0 Å². The Bertz CT molecular complexity index is 1500. The van der Waals surface area contributed by atoms with E-state index >= 15 is 0 Å². The SMILES string of the molecule is Cc1ccc2nc(C(Cc3ccccc3)n3ccc(-c4cc(Cl)ccc4N)cc3=O)[nH]c2c1. The molecule has 164 valence electrons. The molecule has 2 aromatic heterocycles. The number of H-pyrrole nitrogens is 1. The highest BCUT2D eigenvalue weighted by molar-refractivity contribution is 6.31. The molecule has 0 amide bonds. The van der Waals surface area contributed by atoms with Crippen molar-refractivity contribution in [2.45, 2.75) is 19.4 Å². The molecule has 0 bridgehead atoms. The number of pyridine rings is 1. The van der Waals surface area contributed by atoms with Gasteiger partial charge in [-0.3, -0.25) is 4.79 Å². The number of aromatic nitrogens is 3. The lowest BCUT2D eigenvalue weighted by Gasteiger charge is -2.19. The molecule has 33 heavy (non-hydrogen) atoms. The summed E-state index contributed by atoms with van der Waals surface area (Å²) in [7, 11) is 0. The minimum absolute atomic E-state index is 0.135. The van der Waals surface area contributed by atoms with Gasteiger partial charge in [0.1, 0.15) is 5.82 Å². The topological polar surface area (TPSA) is 76.7 Å². The van der Waals surface area contributed by atoms with Gasteiger partial charge in [-0.15, -0.1) is 0 Å². The van der Waals surface area contributed by atoms with Crippen LogP contribution in [0.3, 0.4) is 0 Å². The molecular formula is C27H23ClN4O. The first-order valence-corrected chi connectivity index (χ1v) is 11.1. The van der Waals surface area contributed by atoms with Gasteiger partial charge in [0.15, 0.2) is 0 Å². The van der Waals surface area contributed by atoms with Crippen LogP contribution in [-0.4, -0.2) is 14.5 Å². The van der Waals surface area contributed by atoms with Crippen molar-refractivity contribution in [1.29, 1.82) is 0 Å². The second-order valence-corrected chi connectivity index (χ2v) is 8.68. The van der Waals surface area contributed by atoms with Gasteiger partial charge in [-0.2, -0.15) is 0 Å². The van der Waals surface area contributed by atoms with E-state index in [-0.39, 0.29) is 11.6 Å². The summed E-state index contributed by atoms with van der Waals surface area (Å²) in [5, 5.41) is 0.572. The highest BCUT2D eigenvalue weighted by Gasteiger charge is 2.20. The summed E-state index contributed by atoms with van der Waals surface area (Å²) in [4.78, 5) is 21.6. The number of rotatable bonds is 5. The number of fused-ring (bicyclic) bond motifs is 1. The Morgan fingerprint density at radius 3 is 2.64 bits per heavy atom. The Morgan fingerprint density at radius 1 is 1.03 bits per heavy atom. The van der Waals surface area contributed by atoms with Crippen LogP contribution in [0.4, 0.5) is 5.69 Å². The smallest absolute Gasteiger partial charge is 0.251 e. The zero-order chi connectivity index (χ0) is 22.9. The van der Waals surface area contributed by atoms with Crippen LogP contribution in [0.2, 0.25) is 5.02 Å². The Labute approximate surface area is 196 Å². The van der Waals surface area contributed by atoms with Crippen LogP contribution in [0.1, 0.15) is 23.0 Å². The molecule has 0 saturated heterocycles. The van der Waals surface area contributed by atoms with E-state index in [2.05, 4.69) is 23.2 Å². The van der Waals surface area contributed by atoms with Gasteiger partial charge < -0.3 is 15.3 Å². The van der Waals surface area contributed by atoms with Gasteiger partial charge in [-0.05, 0) is 60.0 Å². The monoisotopic (exact) mass is 454 g/mol. The lowest BCUT2D eigenvalue weighted by Crippen LogP contribution is -2.27. The molecule has 6 heteroatoms. The summed E-state index contributed by atoms with van der Waals surface area (Å²) in [5.41, 5.74) is 12.2. The average molecular weight is 455 g/mol. The summed E-state index contributed by atoms with van der Waals surface area (Å²) >= 11 is 6.16. The van der Waals surface area contributed by atoms with Crippen molar-refractivity contribution in [1.82, 2.24) is 14.5 Å². The Hall–Kier alpha value is -3.83. The Kier molecular flexibility index (Phi) is 5.48. The third-order valence-electron chi connectivity index (χ3n) is 5.85.